The van der Waals surface area contributed by atoms with Crippen molar-refractivity contribution >= 4 is 11.8 Å². The Morgan fingerprint density at radius 1 is 1.33 bits per heavy atom. The van der Waals surface area contributed by atoms with Crippen molar-refractivity contribution in [3.63, 3.8) is 0 Å². The minimum Gasteiger partial charge on any atom is -0.373 e. The molecular formula is C13H20N2. The fourth-order valence-electron chi connectivity index (χ4n) is 1.42. The van der Waals surface area contributed by atoms with Gasteiger partial charge in [0.25, 0.3) is 0 Å². The van der Waals surface area contributed by atoms with Crippen LogP contribution < -0.4 is 10.2 Å². The fraction of sp³-hybridized carbons (Fsp3) is 0.385. The highest BCUT2D eigenvalue weighted by molar-refractivity contribution is 5.54. The molecule has 0 spiro atoms. The van der Waals surface area contributed by atoms with Crippen LogP contribution in [0.4, 0.5) is 5.69 Å². The third kappa shape index (κ3) is 3.76. The molecule has 82 valence electrons. The van der Waals surface area contributed by atoms with Gasteiger partial charge in [0.05, 0.1) is 0 Å². The Bertz CT molecular complexity index is 290. The molecular weight excluding hydrogens is 184 g/mol. The first kappa shape index (κ1) is 11.8. The summed E-state index contributed by atoms with van der Waals surface area (Å²) < 4.78 is 0. The molecule has 0 atom stereocenters. The minimum atomic E-state index is 1.02. The van der Waals surface area contributed by atoms with E-state index in [0.717, 1.165) is 19.6 Å². The van der Waals surface area contributed by atoms with Gasteiger partial charge >= 0.3 is 0 Å². The van der Waals surface area contributed by atoms with Gasteiger partial charge < -0.3 is 10.2 Å². The van der Waals surface area contributed by atoms with Crippen molar-refractivity contribution in [1.82, 2.24) is 5.32 Å². The summed E-state index contributed by atoms with van der Waals surface area (Å²) in [6.07, 6.45) is 1.86. The van der Waals surface area contributed by atoms with E-state index in [9.17, 15) is 0 Å². The number of benzene rings is 1. The van der Waals surface area contributed by atoms with Crippen molar-refractivity contribution in [2.75, 3.05) is 31.6 Å². The summed E-state index contributed by atoms with van der Waals surface area (Å²) in [6, 6.07) is 8.43. The Morgan fingerprint density at radius 3 is 2.53 bits per heavy atom. The Kier molecular flexibility index (Phi) is 4.91. The van der Waals surface area contributed by atoms with Crippen molar-refractivity contribution in [3.05, 3.63) is 36.4 Å². The van der Waals surface area contributed by atoms with Crippen LogP contribution >= 0.6 is 0 Å². The van der Waals surface area contributed by atoms with Crippen molar-refractivity contribution in [2.45, 2.75) is 6.92 Å². The van der Waals surface area contributed by atoms with Gasteiger partial charge in [-0.1, -0.05) is 31.7 Å². The molecule has 1 aromatic rings. The van der Waals surface area contributed by atoms with Gasteiger partial charge in [-0.2, -0.15) is 0 Å². The van der Waals surface area contributed by atoms with E-state index >= 15 is 0 Å². The lowest BCUT2D eigenvalue weighted by Crippen LogP contribution is -2.28. The summed E-state index contributed by atoms with van der Waals surface area (Å²) in [4.78, 5) is 2.25. The number of likely N-dealkylation sites (N-methyl/N-ethyl adjacent to an activating group) is 2. The van der Waals surface area contributed by atoms with Gasteiger partial charge in [-0.25, -0.2) is 0 Å². The van der Waals surface area contributed by atoms with Crippen LogP contribution in [0.15, 0.2) is 30.8 Å². The smallest absolute Gasteiger partial charge is 0.0364 e. The van der Waals surface area contributed by atoms with Crippen molar-refractivity contribution < 1.29 is 0 Å². The van der Waals surface area contributed by atoms with Crippen LogP contribution in [-0.2, 0) is 0 Å². The average Bonchev–Trinajstić information content (AvgIpc) is 2.29. The van der Waals surface area contributed by atoms with Gasteiger partial charge in [0.15, 0.2) is 0 Å². The first-order valence-corrected chi connectivity index (χ1v) is 5.42. The van der Waals surface area contributed by atoms with Crippen LogP contribution in [0.5, 0.6) is 0 Å². The monoisotopic (exact) mass is 204 g/mol. The standard InChI is InChI=1S/C13H20N2/c1-4-12-6-8-13(9-7-12)15(3)11-10-14-5-2/h4,6-9,14H,1,5,10-11H2,2-3H3. The summed E-state index contributed by atoms with van der Waals surface area (Å²) in [5, 5.41) is 3.31. The van der Waals surface area contributed by atoms with E-state index < -0.39 is 0 Å². The first-order valence-electron chi connectivity index (χ1n) is 5.42. The largest absolute Gasteiger partial charge is 0.373 e. The zero-order chi connectivity index (χ0) is 11.1. The zero-order valence-corrected chi connectivity index (χ0v) is 9.66. The van der Waals surface area contributed by atoms with E-state index in [4.69, 9.17) is 0 Å². The van der Waals surface area contributed by atoms with Crippen LogP contribution in [-0.4, -0.2) is 26.7 Å². The molecule has 1 aromatic carbocycles. The SMILES string of the molecule is C=Cc1ccc(N(C)CCNCC)cc1. The second-order valence-corrected chi connectivity index (χ2v) is 3.57. The predicted molar refractivity (Wildman–Crippen MR) is 68.3 cm³/mol. The lowest BCUT2D eigenvalue weighted by Gasteiger charge is -2.19. The Hall–Kier alpha value is -1.28. The highest BCUT2D eigenvalue weighted by atomic mass is 15.1. The summed E-state index contributed by atoms with van der Waals surface area (Å²) in [5.74, 6) is 0. The second kappa shape index (κ2) is 6.25. The van der Waals surface area contributed by atoms with Gasteiger partial charge in [-0.3, -0.25) is 0 Å². The third-order valence-electron chi connectivity index (χ3n) is 2.44. The molecule has 0 heterocycles. The first-order chi connectivity index (χ1) is 7.27. The molecule has 0 saturated heterocycles. The predicted octanol–water partition coefficient (Wildman–Crippen LogP) is 2.38. The molecule has 0 unspecified atom stereocenters. The number of hydrogen-bond donors (Lipinski definition) is 1. The highest BCUT2D eigenvalue weighted by Crippen LogP contribution is 2.13. The molecule has 0 aliphatic heterocycles. The number of nitrogens with zero attached hydrogens (tertiary/aromatic N) is 1. The van der Waals surface area contributed by atoms with Crippen LogP contribution in [0.2, 0.25) is 0 Å². The van der Waals surface area contributed by atoms with Crippen LogP contribution in [0.25, 0.3) is 6.08 Å². The van der Waals surface area contributed by atoms with E-state index in [0.29, 0.717) is 0 Å². The van der Waals surface area contributed by atoms with Gasteiger partial charge in [-0.05, 0) is 24.2 Å². The van der Waals surface area contributed by atoms with Crippen LogP contribution in [0.1, 0.15) is 12.5 Å². The summed E-state index contributed by atoms with van der Waals surface area (Å²) in [7, 11) is 2.11. The number of rotatable bonds is 6. The Morgan fingerprint density at radius 2 is 2.00 bits per heavy atom. The van der Waals surface area contributed by atoms with Crippen molar-refractivity contribution in [3.8, 4) is 0 Å². The van der Waals surface area contributed by atoms with Gasteiger partial charge in [-0.15, -0.1) is 0 Å². The van der Waals surface area contributed by atoms with Gasteiger partial charge in [0.2, 0.25) is 0 Å². The van der Waals surface area contributed by atoms with E-state index in [1.54, 1.807) is 0 Å². The molecule has 0 bridgehead atoms. The summed E-state index contributed by atoms with van der Waals surface area (Å²) in [6.45, 7) is 8.95. The molecule has 15 heavy (non-hydrogen) atoms. The van der Waals surface area contributed by atoms with E-state index in [1.807, 2.05) is 6.08 Å². The van der Waals surface area contributed by atoms with E-state index in [2.05, 4.69) is 55.0 Å². The molecule has 0 fully saturated rings. The quantitative estimate of drug-likeness (QED) is 0.716. The lowest BCUT2D eigenvalue weighted by molar-refractivity contribution is 0.706. The summed E-state index contributed by atoms with van der Waals surface area (Å²) in [5.41, 5.74) is 2.41. The summed E-state index contributed by atoms with van der Waals surface area (Å²) >= 11 is 0. The minimum absolute atomic E-state index is 1.02. The molecule has 0 aromatic heterocycles. The topological polar surface area (TPSA) is 15.3 Å². The fourth-order valence-corrected chi connectivity index (χ4v) is 1.42. The molecule has 2 nitrogen and oxygen atoms in total. The maximum absolute atomic E-state index is 3.74. The van der Waals surface area contributed by atoms with E-state index in [-0.39, 0.29) is 0 Å². The molecule has 0 aliphatic carbocycles. The van der Waals surface area contributed by atoms with Gasteiger partial charge in [0.1, 0.15) is 0 Å². The molecule has 0 saturated carbocycles. The van der Waals surface area contributed by atoms with Gasteiger partial charge in [0, 0.05) is 25.8 Å². The van der Waals surface area contributed by atoms with Crippen LogP contribution in [0, 0.1) is 0 Å². The lowest BCUT2D eigenvalue weighted by atomic mass is 10.2. The molecule has 0 aliphatic rings. The number of nitrogens with one attached hydrogen (secondary N) is 1. The molecule has 0 amide bonds. The van der Waals surface area contributed by atoms with E-state index in [1.165, 1.54) is 11.3 Å². The van der Waals surface area contributed by atoms with Crippen molar-refractivity contribution in [2.24, 2.45) is 0 Å². The zero-order valence-electron chi connectivity index (χ0n) is 9.66. The second-order valence-electron chi connectivity index (χ2n) is 3.57. The maximum atomic E-state index is 3.74. The normalized spacial score (nSPS) is 10.0. The van der Waals surface area contributed by atoms with Crippen molar-refractivity contribution in [1.29, 1.82) is 0 Å². The Labute approximate surface area is 92.6 Å². The number of hydrogen-bond acceptors (Lipinski definition) is 2. The molecule has 2 heteroatoms. The highest BCUT2D eigenvalue weighted by Gasteiger charge is 1.98. The third-order valence-corrected chi connectivity index (χ3v) is 2.44. The molecule has 1 N–H and O–H groups in total. The Balaban J connectivity index is 2.50. The number of anilines is 1. The maximum Gasteiger partial charge on any atom is 0.0364 e. The average molecular weight is 204 g/mol. The molecule has 0 radical (unpaired) electrons. The van der Waals surface area contributed by atoms with Crippen LogP contribution in [0.3, 0.4) is 0 Å². The molecule has 1 rings (SSSR count).